The zero-order valence-corrected chi connectivity index (χ0v) is 13.6. The Morgan fingerprint density at radius 1 is 1.00 bits per heavy atom. The molecule has 0 spiro atoms. The summed E-state index contributed by atoms with van der Waals surface area (Å²) in [6.07, 6.45) is 0. The van der Waals surface area contributed by atoms with E-state index in [-0.39, 0.29) is 22.6 Å². The van der Waals surface area contributed by atoms with Gasteiger partial charge >= 0.3 is 0 Å². The number of aromatic hydroxyl groups is 2. The van der Waals surface area contributed by atoms with Crippen molar-refractivity contribution in [2.24, 2.45) is 0 Å². The largest absolute Gasteiger partial charge is 0.505 e. The van der Waals surface area contributed by atoms with Crippen LogP contribution in [0.3, 0.4) is 0 Å². The maximum Gasteiger partial charge on any atom is 0.259 e. The standard InChI is InChI=1S/C19H14F2N2O3/c1-23(19(26)11-8-9-13(20)16(25)10-11)17-7-3-5-14(22-17)12-4-2-6-15(24)18(12)21/h2-10,24-25H,1H3. The molecule has 3 rings (SSSR count). The second kappa shape index (κ2) is 6.79. The summed E-state index contributed by atoms with van der Waals surface area (Å²) in [4.78, 5) is 18.0. The van der Waals surface area contributed by atoms with Crippen molar-refractivity contribution in [3.63, 3.8) is 0 Å². The lowest BCUT2D eigenvalue weighted by Crippen LogP contribution is -2.27. The molecule has 0 atom stereocenters. The minimum absolute atomic E-state index is 0.0714. The molecule has 0 saturated heterocycles. The number of hydrogen-bond acceptors (Lipinski definition) is 4. The van der Waals surface area contributed by atoms with Gasteiger partial charge in [0.2, 0.25) is 0 Å². The molecule has 26 heavy (non-hydrogen) atoms. The van der Waals surface area contributed by atoms with E-state index < -0.39 is 29.0 Å². The van der Waals surface area contributed by atoms with Crippen molar-refractivity contribution in [3.05, 3.63) is 71.8 Å². The smallest absolute Gasteiger partial charge is 0.259 e. The second-order valence-corrected chi connectivity index (χ2v) is 5.55. The van der Waals surface area contributed by atoms with Gasteiger partial charge in [-0.1, -0.05) is 12.1 Å². The van der Waals surface area contributed by atoms with Gasteiger partial charge in [-0.25, -0.2) is 13.8 Å². The molecule has 132 valence electrons. The molecule has 7 heteroatoms. The number of carbonyl (C=O) groups is 1. The molecule has 0 saturated carbocycles. The van der Waals surface area contributed by atoms with Crippen LogP contribution in [-0.4, -0.2) is 28.2 Å². The van der Waals surface area contributed by atoms with Gasteiger partial charge in [-0.15, -0.1) is 0 Å². The van der Waals surface area contributed by atoms with E-state index in [0.29, 0.717) is 0 Å². The SMILES string of the molecule is CN(C(=O)c1ccc(F)c(O)c1)c1cccc(-c2cccc(O)c2F)n1. The van der Waals surface area contributed by atoms with E-state index in [4.69, 9.17) is 0 Å². The first kappa shape index (κ1) is 17.3. The Labute approximate surface area is 147 Å². The van der Waals surface area contributed by atoms with E-state index in [1.807, 2.05) is 0 Å². The summed E-state index contributed by atoms with van der Waals surface area (Å²) in [5.41, 5.74) is 0.395. The molecule has 5 nitrogen and oxygen atoms in total. The molecule has 0 bridgehead atoms. The van der Waals surface area contributed by atoms with Gasteiger partial charge in [-0.05, 0) is 42.5 Å². The summed E-state index contributed by atoms with van der Waals surface area (Å²) in [5, 5.41) is 18.9. The maximum atomic E-state index is 14.1. The highest BCUT2D eigenvalue weighted by Crippen LogP contribution is 2.28. The van der Waals surface area contributed by atoms with Crippen LogP contribution in [0.1, 0.15) is 10.4 Å². The van der Waals surface area contributed by atoms with Crippen molar-refractivity contribution in [1.82, 2.24) is 4.98 Å². The van der Waals surface area contributed by atoms with E-state index in [0.717, 1.165) is 12.1 Å². The number of carbonyl (C=O) groups excluding carboxylic acids is 1. The van der Waals surface area contributed by atoms with Crippen LogP contribution in [0.25, 0.3) is 11.3 Å². The first-order valence-electron chi connectivity index (χ1n) is 7.60. The fraction of sp³-hybridized carbons (Fsp3) is 0.0526. The number of hydrogen-bond donors (Lipinski definition) is 2. The zero-order valence-electron chi connectivity index (χ0n) is 13.6. The van der Waals surface area contributed by atoms with Crippen LogP contribution >= 0.6 is 0 Å². The first-order valence-corrected chi connectivity index (χ1v) is 7.60. The zero-order chi connectivity index (χ0) is 18.8. The van der Waals surface area contributed by atoms with Crippen LogP contribution in [0.4, 0.5) is 14.6 Å². The highest BCUT2D eigenvalue weighted by atomic mass is 19.1. The Hall–Kier alpha value is -3.48. The average Bonchev–Trinajstić information content (AvgIpc) is 2.65. The number of rotatable bonds is 3. The van der Waals surface area contributed by atoms with Crippen molar-refractivity contribution in [2.45, 2.75) is 0 Å². The lowest BCUT2D eigenvalue weighted by atomic mass is 10.1. The highest BCUT2D eigenvalue weighted by Gasteiger charge is 2.18. The number of halogens is 2. The minimum atomic E-state index is -0.830. The van der Waals surface area contributed by atoms with Gasteiger partial charge in [-0.2, -0.15) is 0 Å². The van der Waals surface area contributed by atoms with Crippen molar-refractivity contribution in [3.8, 4) is 22.8 Å². The Morgan fingerprint density at radius 2 is 1.73 bits per heavy atom. The number of pyridine rings is 1. The lowest BCUT2D eigenvalue weighted by Gasteiger charge is -2.17. The van der Waals surface area contributed by atoms with E-state index >= 15 is 0 Å². The Bertz CT molecular complexity index is 992. The van der Waals surface area contributed by atoms with E-state index in [1.54, 1.807) is 18.2 Å². The topological polar surface area (TPSA) is 73.7 Å². The van der Waals surface area contributed by atoms with Gasteiger partial charge in [0.15, 0.2) is 23.1 Å². The molecule has 0 aliphatic carbocycles. The number of aromatic nitrogens is 1. The Morgan fingerprint density at radius 3 is 2.46 bits per heavy atom. The van der Waals surface area contributed by atoms with Gasteiger partial charge in [-0.3, -0.25) is 9.69 Å². The summed E-state index contributed by atoms with van der Waals surface area (Å²) in [7, 11) is 1.45. The number of nitrogens with zero attached hydrogens (tertiary/aromatic N) is 2. The molecule has 1 aromatic heterocycles. The third-order valence-electron chi connectivity index (χ3n) is 3.83. The molecule has 0 unspecified atom stereocenters. The number of phenolic OH excluding ortho intramolecular Hbond substituents is 2. The molecule has 1 amide bonds. The van der Waals surface area contributed by atoms with Crippen molar-refractivity contribution in [2.75, 3.05) is 11.9 Å². The monoisotopic (exact) mass is 356 g/mol. The molecular weight excluding hydrogens is 342 g/mol. The lowest BCUT2D eigenvalue weighted by molar-refractivity contribution is 0.0992. The predicted octanol–water partition coefficient (Wildman–Crippen LogP) is 3.71. The Balaban J connectivity index is 1.95. The summed E-state index contributed by atoms with van der Waals surface area (Å²) < 4.78 is 27.2. The van der Waals surface area contributed by atoms with Gasteiger partial charge < -0.3 is 10.2 Å². The summed E-state index contributed by atoms with van der Waals surface area (Å²) in [6, 6.07) is 12.1. The summed E-state index contributed by atoms with van der Waals surface area (Å²) >= 11 is 0. The first-order chi connectivity index (χ1) is 12.4. The summed E-state index contributed by atoms with van der Waals surface area (Å²) in [5.74, 6) is -3.08. The van der Waals surface area contributed by atoms with Crippen LogP contribution in [0, 0.1) is 11.6 Å². The Kier molecular flexibility index (Phi) is 4.53. The van der Waals surface area contributed by atoms with Gasteiger partial charge in [0.1, 0.15) is 5.82 Å². The van der Waals surface area contributed by atoms with Gasteiger partial charge in [0.05, 0.1) is 5.69 Å². The number of benzene rings is 2. The quantitative estimate of drug-likeness (QED) is 0.750. The fourth-order valence-electron chi connectivity index (χ4n) is 2.42. The molecule has 0 aliphatic heterocycles. The average molecular weight is 356 g/mol. The molecule has 0 fully saturated rings. The number of phenols is 2. The van der Waals surface area contributed by atoms with E-state index in [1.165, 1.54) is 36.2 Å². The second-order valence-electron chi connectivity index (χ2n) is 5.55. The van der Waals surface area contributed by atoms with Crippen LogP contribution in [-0.2, 0) is 0 Å². The number of amides is 1. The molecule has 0 radical (unpaired) electrons. The van der Waals surface area contributed by atoms with E-state index in [9.17, 15) is 23.8 Å². The number of anilines is 1. The maximum absolute atomic E-state index is 14.1. The third kappa shape index (κ3) is 3.19. The summed E-state index contributed by atoms with van der Waals surface area (Å²) in [6.45, 7) is 0. The minimum Gasteiger partial charge on any atom is -0.505 e. The van der Waals surface area contributed by atoms with E-state index in [2.05, 4.69) is 4.98 Å². The predicted molar refractivity (Wildman–Crippen MR) is 92.1 cm³/mol. The van der Waals surface area contributed by atoms with Crippen molar-refractivity contribution in [1.29, 1.82) is 0 Å². The molecular formula is C19H14F2N2O3. The highest BCUT2D eigenvalue weighted by molar-refractivity contribution is 6.05. The molecule has 2 aromatic carbocycles. The molecule has 1 heterocycles. The normalized spacial score (nSPS) is 10.6. The fourth-order valence-corrected chi connectivity index (χ4v) is 2.42. The molecule has 3 aromatic rings. The van der Waals surface area contributed by atoms with Crippen molar-refractivity contribution < 1.29 is 23.8 Å². The molecule has 2 N–H and O–H groups in total. The van der Waals surface area contributed by atoms with Crippen LogP contribution < -0.4 is 4.90 Å². The van der Waals surface area contributed by atoms with Crippen LogP contribution in [0.5, 0.6) is 11.5 Å². The van der Waals surface area contributed by atoms with Gasteiger partial charge in [0.25, 0.3) is 5.91 Å². The van der Waals surface area contributed by atoms with Crippen molar-refractivity contribution >= 4 is 11.7 Å². The van der Waals surface area contributed by atoms with Gasteiger partial charge in [0, 0.05) is 18.2 Å². The molecule has 0 aliphatic rings. The third-order valence-corrected chi connectivity index (χ3v) is 3.83. The van der Waals surface area contributed by atoms with Crippen LogP contribution in [0.15, 0.2) is 54.6 Å². The van der Waals surface area contributed by atoms with Crippen LogP contribution in [0.2, 0.25) is 0 Å².